The lowest BCUT2D eigenvalue weighted by atomic mass is 9.81. The highest BCUT2D eigenvalue weighted by Crippen LogP contribution is 2.32. The SMILES string of the molecule is CCCNCCC(C)(C)c1ccc(OC)c(Cl)c1. The highest BCUT2D eigenvalue weighted by atomic mass is 35.5. The second-order valence-electron chi connectivity index (χ2n) is 5.23. The van der Waals surface area contributed by atoms with Crippen molar-refractivity contribution >= 4 is 11.6 Å². The largest absolute Gasteiger partial charge is 0.495 e. The van der Waals surface area contributed by atoms with E-state index in [9.17, 15) is 0 Å². The fourth-order valence-electron chi connectivity index (χ4n) is 1.93. The van der Waals surface area contributed by atoms with Crippen LogP contribution in [0.3, 0.4) is 0 Å². The van der Waals surface area contributed by atoms with Crippen molar-refractivity contribution in [3.05, 3.63) is 28.8 Å². The average Bonchev–Trinajstić information content (AvgIpc) is 2.34. The van der Waals surface area contributed by atoms with Gasteiger partial charge in [-0.15, -0.1) is 0 Å². The first-order valence-corrected chi connectivity index (χ1v) is 6.94. The zero-order chi connectivity index (χ0) is 13.6. The predicted octanol–water partition coefficient (Wildman–Crippen LogP) is 4.02. The van der Waals surface area contributed by atoms with Crippen LogP contribution in [0, 0.1) is 0 Å². The van der Waals surface area contributed by atoms with E-state index in [1.165, 1.54) is 12.0 Å². The zero-order valence-electron chi connectivity index (χ0n) is 11.8. The molecular formula is C15H24ClNO. The van der Waals surface area contributed by atoms with Crippen molar-refractivity contribution in [2.45, 2.75) is 39.0 Å². The minimum Gasteiger partial charge on any atom is -0.495 e. The molecule has 3 heteroatoms. The summed E-state index contributed by atoms with van der Waals surface area (Å²) in [5, 5.41) is 4.13. The second-order valence-corrected chi connectivity index (χ2v) is 5.64. The van der Waals surface area contributed by atoms with Crippen LogP contribution in [0.15, 0.2) is 18.2 Å². The highest BCUT2D eigenvalue weighted by molar-refractivity contribution is 6.32. The molecule has 0 bridgehead atoms. The molecule has 0 aliphatic rings. The number of halogens is 1. The maximum atomic E-state index is 6.18. The van der Waals surface area contributed by atoms with E-state index in [0.29, 0.717) is 5.02 Å². The molecule has 1 N–H and O–H groups in total. The lowest BCUT2D eigenvalue weighted by Gasteiger charge is -2.26. The summed E-state index contributed by atoms with van der Waals surface area (Å²) in [6.07, 6.45) is 2.27. The molecule has 0 aliphatic heterocycles. The van der Waals surface area contributed by atoms with Gasteiger partial charge in [-0.05, 0) is 49.0 Å². The summed E-state index contributed by atoms with van der Waals surface area (Å²) in [5.74, 6) is 0.736. The van der Waals surface area contributed by atoms with E-state index in [-0.39, 0.29) is 5.41 Å². The lowest BCUT2D eigenvalue weighted by Crippen LogP contribution is -2.25. The van der Waals surface area contributed by atoms with Gasteiger partial charge < -0.3 is 10.1 Å². The number of ether oxygens (including phenoxy) is 1. The van der Waals surface area contributed by atoms with E-state index in [1.807, 2.05) is 12.1 Å². The Hall–Kier alpha value is -0.730. The summed E-state index contributed by atoms with van der Waals surface area (Å²) in [4.78, 5) is 0. The van der Waals surface area contributed by atoms with Crippen molar-refractivity contribution in [2.75, 3.05) is 20.2 Å². The molecule has 102 valence electrons. The van der Waals surface area contributed by atoms with E-state index >= 15 is 0 Å². The lowest BCUT2D eigenvalue weighted by molar-refractivity contribution is 0.413. The molecule has 0 spiro atoms. The number of hydrogen-bond acceptors (Lipinski definition) is 2. The minimum absolute atomic E-state index is 0.122. The van der Waals surface area contributed by atoms with Crippen molar-refractivity contribution in [3.8, 4) is 5.75 Å². The van der Waals surface area contributed by atoms with Crippen molar-refractivity contribution in [2.24, 2.45) is 0 Å². The van der Waals surface area contributed by atoms with Crippen molar-refractivity contribution in [1.29, 1.82) is 0 Å². The third-order valence-corrected chi connectivity index (χ3v) is 3.58. The van der Waals surface area contributed by atoms with Crippen LogP contribution in [0.2, 0.25) is 5.02 Å². The molecule has 0 heterocycles. The van der Waals surface area contributed by atoms with Gasteiger partial charge in [0.15, 0.2) is 0 Å². The fourth-order valence-corrected chi connectivity index (χ4v) is 2.19. The van der Waals surface area contributed by atoms with Gasteiger partial charge in [-0.2, -0.15) is 0 Å². The average molecular weight is 270 g/mol. The summed E-state index contributed by atoms with van der Waals surface area (Å²) in [6, 6.07) is 6.06. The van der Waals surface area contributed by atoms with E-state index in [4.69, 9.17) is 16.3 Å². The van der Waals surface area contributed by atoms with Gasteiger partial charge in [-0.3, -0.25) is 0 Å². The maximum absolute atomic E-state index is 6.18. The van der Waals surface area contributed by atoms with Gasteiger partial charge in [0.05, 0.1) is 12.1 Å². The van der Waals surface area contributed by atoms with Crippen molar-refractivity contribution < 1.29 is 4.74 Å². The van der Waals surface area contributed by atoms with Crippen molar-refractivity contribution in [3.63, 3.8) is 0 Å². The molecule has 0 saturated heterocycles. The van der Waals surface area contributed by atoms with Gasteiger partial charge in [0.25, 0.3) is 0 Å². The second kappa shape index (κ2) is 7.01. The van der Waals surface area contributed by atoms with Gasteiger partial charge in [-0.1, -0.05) is 38.4 Å². The quantitative estimate of drug-likeness (QED) is 0.755. The van der Waals surface area contributed by atoms with Crippen LogP contribution < -0.4 is 10.1 Å². The van der Waals surface area contributed by atoms with Crippen LogP contribution in [0.4, 0.5) is 0 Å². The molecule has 0 amide bonds. The van der Waals surface area contributed by atoms with Gasteiger partial charge in [-0.25, -0.2) is 0 Å². The molecular weight excluding hydrogens is 246 g/mol. The van der Waals surface area contributed by atoms with E-state index in [2.05, 4.69) is 32.2 Å². The molecule has 0 unspecified atom stereocenters. The third kappa shape index (κ3) is 4.18. The monoisotopic (exact) mass is 269 g/mol. The first-order valence-electron chi connectivity index (χ1n) is 6.56. The van der Waals surface area contributed by atoms with Crippen LogP contribution in [-0.2, 0) is 5.41 Å². The molecule has 0 aliphatic carbocycles. The Morgan fingerprint density at radius 2 is 2.00 bits per heavy atom. The zero-order valence-corrected chi connectivity index (χ0v) is 12.6. The van der Waals surface area contributed by atoms with Gasteiger partial charge >= 0.3 is 0 Å². The number of hydrogen-bond donors (Lipinski definition) is 1. The summed E-state index contributed by atoms with van der Waals surface area (Å²) in [6.45, 7) is 8.79. The van der Waals surface area contributed by atoms with Crippen molar-refractivity contribution in [1.82, 2.24) is 5.32 Å². The summed E-state index contributed by atoms with van der Waals surface area (Å²) in [5.41, 5.74) is 1.38. The van der Waals surface area contributed by atoms with Crippen LogP contribution in [0.5, 0.6) is 5.75 Å². The molecule has 1 rings (SSSR count). The number of methoxy groups -OCH3 is 1. The molecule has 1 aromatic carbocycles. The first-order chi connectivity index (χ1) is 8.51. The van der Waals surface area contributed by atoms with Crippen LogP contribution in [0.1, 0.15) is 39.2 Å². The van der Waals surface area contributed by atoms with Gasteiger partial charge in [0, 0.05) is 0 Å². The summed E-state index contributed by atoms with van der Waals surface area (Å²) in [7, 11) is 1.64. The summed E-state index contributed by atoms with van der Waals surface area (Å²) < 4.78 is 5.18. The Labute approximate surface area is 116 Å². The Kier molecular flexibility index (Phi) is 5.97. The predicted molar refractivity (Wildman–Crippen MR) is 78.8 cm³/mol. The number of benzene rings is 1. The van der Waals surface area contributed by atoms with E-state index in [1.54, 1.807) is 7.11 Å². The Bertz CT molecular complexity index is 377. The van der Waals surface area contributed by atoms with Gasteiger partial charge in [0.2, 0.25) is 0 Å². The standard InChI is InChI=1S/C15H24ClNO/c1-5-9-17-10-8-15(2,3)12-6-7-14(18-4)13(16)11-12/h6-7,11,17H,5,8-10H2,1-4H3. The Balaban J connectivity index is 2.69. The molecule has 0 radical (unpaired) electrons. The fraction of sp³-hybridized carbons (Fsp3) is 0.600. The molecule has 0 saturated carbocycles. The van der Waals surface area contributed by atoms with Gasteiger partial charge in [0.1, 0.15) is 5.75 Å². The highest BCUT2D eigenvalue weighted by Gasteiger charge is 2.21. The van der Waals surface area contributed by atoms with Crippen LogP contribution >= 0.6 is 11.6 Å². The molecule has 18 heavy (non-hydrogen) atoms. The number of rotatable bonds is 7. The first kappa shape index (κ1) is 15.3. The Morgan fingerprint density at radius 3 is 2.56 bits per heavy atom. The molecule has 2 nitrogen and oxygen atoms in total. The maximum Gasteiger partial charge on any atom is 0.137 e. The normalized spacial score (nSPS) is 11.6. The van der Waals surface area contributed by atoms with E-state index < -0.39 is 0 Å². The van der Waals surface area contributed by atoms with Crippen LogP contribution in [-0.4, -0.2) is 20.2 Å². The molecule has 0 atom stereocenters. The van der Waals surface area contributed by atoms with E-state index in [0.717, 1.165) is 25.3 Å². The summed E-state index contributed by atoms with van der Waals surface area (Å²) >= 11 is 6.18. The Morgan fingerprint density at radius 1 is 1.28 bits per heavy atom. The number of nitrogens with one attached hydrogen (secondary N) is 1. The molecule has 1 aromatic rings. The third-order valence-electron chi connectivity index (χ3n) is 3.29. The van der Waals surface area contributed by atoms with Crippen LogP contribution in [0.25, 0.3) is 0 Å². The topological polar surface area (TPSA) is 21.3 Å². The molecule has 0 aromatic heterocycles. The smallest absolute Gasteiger partial charge is 0.137 e. The molecule has 0 fully saturated rings. The minimum atomic E-state index is 0.122.